The van der Waals surface area contributed by atoms with Crippen molar-refractivity contribution in [1.29, 1.82) is 0 Å². The number of hydrogen-bond acceptors (Lipinski definition) is 3. The monoisotopic (exact) mass is 389 g/mol. The molecular formula is C18H13BrFNOS. The molecule has 0 unspecified atom stereocenters. The zero-order valence-corrected chi connectivity index (χ0v) is 14.7. The van der Waals surface area contributed by atoms with Gasteiger partial charge in [-0.3, -0.25) is 4.99 Å². The highest BCUT2D eigenvalue weighted by Crippen LogP contribution is 2.35. The largest absolute Gasteiger partial charge is 0.447 e. The van der Waals surface area contributed by atoms with E-state index in [1.54, 1.807) is 18.3 Å². The van der Waals surface area contributed by atoms with Gasteiger partial charge in [0.25, 0.3) is 0 Å². The van der Waals surface area contributed by atoms with Gasteiger partial charge in [0.1, 0.15) is 11.6 Å². The van der Waals surface area contributed by atoms with E-state index in [0.29, 0.717) is 11.4 Å². The first kappa shape index (κ1) is 16.0. The first-order valence-corrected chi connectivity index (χ1v) is 8.54. The van der Waals surface area contributed by atoms with Gasteiger partial charge < -0.3 is 4.42 Å². The molecule has 0 saturated carbocycles. The van der Waals surface area contributed by atoms with Gasteiger partial charge >= 0.3 is 0 Å². The lowest BCUT2D eigenvalue weighted by atomic mass is 10.2. The highest BCUT2D eigenvalue weighted by molar-refractivity contribution is 9.10. The molecule has 0 radical (unpaired) electrons. The minimum Gasteiger partial charge on any atom is -0.447 e. The van der Waals surface area contributed by atoms with Crippen molar-refractivity contribution in [3.05, 3.63) is 76.2 Å². The summed E-state index contributed by atoms with van der Waals surface area (Å²) in [6.07, 6.45) is 1.58. The maximum atomic E-state index is 13.1. The minimum absolute atomic E-state index is 0.309. The quantitative estimate of drug-likeness (QED) is 0.482. The molecule has 0 bridgehead atoms. The van der Waals surface area contributed by atoms with Gasteiger partial charge in [0.05, 0.1) is 16.4 Å². The Kier molecular flexibility index (Phi) is 4.98. The van der Waals surface area contributed by atoms with Crippen molar-refractivity contribution in [3.8, 4) is 0 Å². The SMILES string of the molecule is Cc1ccc(Sc2oc(C=Nc3cccc(F)c3)cc2Br)cc1. The van der Waals surface area contributed by atoms with Crippen LogP contribution in [0.4, 0.5) is 10.1 Å². The second-order valence-corrected chi connectivity index (χ2v) is 6.84. The van der Waals surface area contributed by atoms with E-state index in [-0.39, 0.29) is 5.82 Å². The molecule has 116 valence electrons. The van der Waals surface area contributed by atoms with Crippen molar-refractivity contribution >= 4 is 39.6 Å². The van der Waals surface area contributed by atoms with Crippen molar-refractivity contribution < 1.29 is 8.81 Å². The lowest BCUT2D eigenvalue weighted by Crippen LogP contribution is -1.76. The van der Waals surface area contributed by atoms with Crippen LogP contribution in [0.3, 0.4) is 0 Å². The molecule has 0 amide bonds. The average Bonchev–Trinajstić information content (AvgIpc) is 2.88. The van der Waals surface area contributed by atoms with Gasteiger partial charge in [0.2, 0.25) is 0 Å². The lowest BCUT2D eigenvalue weighted by molar-refractivity contribution is 0.466. The number of halogens is 2. The Morgan fingerprint density at radius 2 is 1.91 bits per heavy atom. The third-order valence-electron chi connectivity index (χ3n) is 3.06. The van der Waals surface area contributed by atoms with Crippen LogP contribution in [0.1, 0.15) is 11.3 Å². The predicted octanol–water partition coefficient (Wildman–Crippen LogP) is 6.39. The first-order chi connectivity index (χ1) is 11.1. The van der Waals surface area contributed by atoms with Gasteiger partial charge in [-0.25, -0.2) is 4.39 Å². The van der Waals surface area contributed by atoms with Gasteiger partial charge in [-0.2, -0.15) is 0 Å². The number of rotatable bonds is 4. The van der Waals surface area contributed by atoms with Crippen LogP contribution >= 0.6 is 27.7 Å². The third kappa shape index (κ3) is 4.33. The Hall–Kier alpha value is -1.85. The number of hydrogen-bond donors (Lipinski definition) is 0. The topological polar surface area (TPSA) is 25.5 Å². The maximum Gasteiger partial charge on any atom is 0.179 e. The van der Waals surface area contributed by atoms with Gasteiger partial charge in [-0.1, -0.05) is 35.5 Å². The Labute approximate surface area is 146 Å². The second kappa shape index (κ2) is 7.15. The molecule has 23 heavy (non-hydrogen) atoms. The van der Waals surface area contributed by atoms with Gasteiger partial charge in [0, 0.05) is 11.0 Å². The second-order valence-electron chi connectivity index (χ2n) is 4.94. The zero-order valence-electron chi connectivity index (χ0n) is 12.3. The molecule has 0 atom stereocenters. The Morgan fingerprint density at radius 1 is 1.13 bits per heavy atom. The average molecular weight is 390 g/mol. The summed E-state index contributed by atoms with van der Waals surface area (Å²) in [5.41, 5.74) is 1.76. The van der Waals surface area contributed by atoms with E-state index in [9.17, 15) is 4.39 Å². The van der Waals surface area contributed by atoms with Crippen molar-refractivity contribution in [1.82, 2.24) is 0 Å². The molecule has 0 spiro atoms. The van der Waals surface area contributed by atoms with Crippen LogP contribution in [0.5, 0.6) is 0 Å². The van der Waals surface area contributed by atoms with Crippen molar-refractivity contribution in [2.24, 2.45) is 4.99 Å². The molecule has 0 aliphatic rings. The summed E-state index contributed by atoms with van der Waals surface area (Å²) in [6.45, 7) is 2.05. The van der Waals surface area contributed by atoms with Crippen LogP contribution in [0.25, 0.3) is 0 Å². The van der Waals surface area contributed by atoms with Crippen molar-refractivity contribution in [2.75, 3.05) is 0 Å². The van der Waals surface area contributed by atoms with E-state index in [1.807, 2.05) is 6.07 Å². The molecule has 0 aliphatic heterocycles. The Bertz CT molecular complexity index is 842. The summed E-state index contributed by atoms with van der Waals surface area (Å²) >= 11 is 5.02. The van der Waals surface area contributed by atoms with Crippen molar-refractivity contribution in [2.45, 2.75) is 16.9 Å². The third-order valence-corrected chi connectivity index (χ3v) is 4.90. The fourth-order valence-corrected chi connectivity index (χ4v) is 3.24. The zero-order chi connectivity index (χ0) is 16.2. The Balaban J connectivity index is 1.76. The molecule has 0 fully saturated rings. The van der Waals surface area contributed by atoms with Crippen LogP contribution in [0.15, 0.2) is 78.5 Å². The molecular weight excluding hydrogens is 377 g/mol. The molecule has 0 aliphatic carbocycles. The standard InChI is InChI=1S/C18H13BrFNOS/c1-12-5-7-16(8-6-12)23-18-17(19)10-15(22-18)11-21-14-4-2-3-13(20)9-14/h2-11H,1H3. The fraction of sp³-hybridized carbons (Fsp3) is 0.0556. The van der Waals surface area contributed by atoms with E-state index in [0.717, 1.165) is 14.5 Å². The summed E-state index contributed by atoms with van der Waals surface area (Å²) in [4.78, 5) is 5.32. The van der Waals surface area contributed by atoms with Crippen molar-refractivity contribution in [3.63, 3.8) is 0 Å². The van der Waals surface area contributed by atoms with Crippen LogP contribution in [0, 0.1) is 12.7 Å². The van der Waals surface area contributed by atoms with Crippen LogP contribution in [0.2, 0.25) is 0 Å². The van der Waals surface area contributed by atoms with Gasteiger partial charge in [0.15, 0.2) is 5.09 Å². The molecule has 1 heterocycles. The van der Waals surface area contributed by atoms with E-state index < -0.39 is 0 Å². The number of nitrogens with zero attached hydrogens (tertiary/aromatic N) is 1. The van der Waals surface area contributed by atoms with E-state index in [1.165, 1.54) is 29.5 Å². The number of aliphatic imine (C=N–C) groups is 1. The number of benzene rings is 2. The summed E-state index contributed by atoms with van der Waals surface area (Å²) in [6, 6.07) is 16.2. The van der Waals surface area contributed by atoms with E-state index >= 15 is 0 Å². The summed E-state index contributed by atoms with van der Waals surface area (Å²) in [7, 11) is 0. The van der Waals surface area contributed by atoms with E-state index in [2.05, 4.69) is 52.1 Å². The first-order valence-electron chi connectivity index (χ1n) is 6.94. The number of furan rings is 1. The maximum absolute atomic E-state index is 13.1. The molecule has 2 aromatic carbocycles. The molecule has 1 aromatic heterocycles. The fourth-order valence-electron chi connectivity index (χ4n) is 1.91. The number of aryl methyl sites for hydroxylation is 1. The summed E-state index contributed by atoms with van der Waals surface area (Å²) < 4.78 is 19.8. The molecule has 2 nitrogen and oxygen atoms in total. The Morgan fingerprint density at radius 3 is 2.65 bits per heavy atom. The van der Waals surface area contributed by atoms with Crippen LogP contribution in [-0.4, -0.2) is 6.21 Å². The molecule has 3 rings (SSSR count). The smallest absolute Gasteiger partial charge is 0.179 e. The van der Waals surface area contributed by atoms with E-state index in [4.69, 9.17) is 4.42 Å². The van der Waals surface area contributed by atoms with Crippen LogP contribution in [-0.2, 0) is 0 Å². The highest BCUT2D eigenvalue weighted by atomic mass is 79.9. The normalized spacial score (nSPS) is 11.3. The summed E-state index contributed by atoms with van der Waals surface area (Å²) in [5, 5.41) is 0.759. The lowest BCUT2D eigenvalue weighted by Gasteiger charge is -1.99. The van der Waals surface area contributed by atoms with Crippen LogP contribution < -0.4 is 0 Å². The molecule has 0 saturated heterocycles. The van der Waals surface area contributed by atoms with Gasteiger partial charge in [-0.05, 0) is 53.2 Å². The molecule has 0 N–H and O–H groups in total. The predicted molar refractivity (Wildman–Crippen MR) is 95.4 cm³/mol. The molecule has 3 aromatic rings. The highest BCUT2D eigenvalue weighted by Gasteiger charge is 2.09. The molecule has 5 heteroatoms. The minimum atomic E-state index is -0.309. The van der Waals surface area contributed by atoms with Gasteiger partial charge in [-0.15, -0.1) is 0 Å². The summed E-state index contributed by atoms with van der Waals surface area (Å²) in [5.74, 6) is 0.298.